The summed E-state index contributed by atoms with van der Waals surface area (Å²) < 4.78 is 46.4. The smallest absolute Gasteiger partial charge is 0.392 e. The van der Waals surface area contributed by atoms with E-state index in [0.29, 0.717) is 17.3 Å². The Bertz CT molecular complexity index is 966. The van der Waals surface area contributed by atoms with Crippen LogP contribution in [0, 0.1) is 5.92 Å². The van der Waals surface area contributed by atoms with Crippen LogP contribution in [0.4, 0.5) is 18.9 Å². The fraction of sp³-hybridized carbons (Fsp3) is 0.529. The fourth-order valence-electron chi connectivity index (χ4n) is 3.69. The van der Waals surface area contributed by atoms with Crippen LogP contribution in [0.25, 0.3) is 0 Å². The van der Waals surface area contributed by atoms with Crippen LogP contribution in [0.2, 0.25) is 0 Å². The predicted octanol–water partition coefficient (Wildman–Crippen LogP) is 0.964. The number of aromatic amines is 1. The maximum Gasteiger partial charge on any atom is 0.392 e. The van der Waals surface area contributed by atoms with Gasteiger partial charge in [0.05, 0.1) is 12.1 Å². The Morgan fingerprint density at radius 1 is 1.38 bits per heavy atom. The molecule has 2 aliphatic rings. The molecule has 0 fully saturated rings. The van der Waals surface area contributed by atoms with Crippen molar-refractivity contribution in [1.29, 1.82) is 0 Å². The van der Waals surface area contributed by atoms with E-state index in [4.69, 9.17) is 4.74 Å². The number of H-pyrrole nitrogens is 1. The molecule has 1 aliphatic heterocycles. The van der Waals surface area contributed by atoms with Gasteiger partial charge in [0.1, 0.15) is 18.3 Å². The number of fused-ring (bicyclic) bond motifs is 2. The molecule has 0 aromatic carbocycles. The topological polar surface area (TPSA) is 105 Å². The number of carbonyl (C=O) groups is 2. The Morgan fingerprint density at radius 3 is 2.86 bits per heavy atom. The number of halogens is 3. The molecule has 0 saturated heterocycles. The molecule has 0 radical (unpaired) electrons. The van der Waals surface area contributed by atoms with Gasteiger partial charge in [-0.15, -0.1) is 0 Å². The van der Waals surface area contributed by atoms with Crippen molar-refractivity contribution in [2.45, 2.75) is 31.5 Å². The third-order valence-corrected chi connectivity index (χ3v) is 5.37. The first-order valence-electron chi connectivity index (χ1n) is 9.03. The number of amides is 2. The molecule has 0 bridgehead atoms. The van der Waals surface area contributed by atoms with Crippen LogP contribution in [0.15, 0.2) is 6.20 Å². The Balaban J connectivity index is 1.53. The highest BCUT2D eigenvalue weighted by molar-refractivity contribution is 6.03. The van der Waals surface area contributed by atoms with E-state index >= 15 is 0 Å². The van der Waals surface area contributed by atoms with E-state index in [2.05, 4.69) is 20.6 Å². The number of rotatable bonds is 2. The van der Waals surface area contributed by atoms with E-state index in [1.807, 2.05) is 0 Å². The third kappa shape index (κ3) is 3.32. The summed E-state index contributed by atoms with van der Waals surface area (Å²) in [6, 6.07) is -1.02. The molecule has 9 nitrogen and oxygen atoms in total. The van der Waals surface area contributed by atoms with Crippen LogP contribution in [-0.4, -0.2) is 57.7 Å². The molecule has 29 heavy (non-hydrogen) atoms. The number of hydrogen-bond acceptors (Lipinski definition) is 5. The zero-order valence-electron chi connectivity index (χ0n) is 15.7. The predicted molar refractivity (Wildman–Crippen MR) is 93.5 cm³/mol. The van der Waals surface area contributed by atoms with Gasteiger partial charge in [0.25, 0.3) is 11.8 Å². The van der Waals surface area contributed by atoms with Crippen molar-refractivity contribution in [3.8, 4) is 5.88 Å². The van der Waals surface area contributed by atoms with Gasteiger partial charge in [-0.25, -0.2) is 4.68 Å². The second kappa shape index (κ2) is 6.78. The van der Waals surface area contributed by atoms with Crippen LogP contribution < -0.4 is 15.0 Å². The number of nitrogens with zero attached hydrogens (tertiary/aromatic N) is 4. The van der Waals surface area contributed by atoms with Crippen LogP contribution in [0.1, 0.15) is 28.2 Å². The summed E-state index contributed by atoms with van der Waals surface area (Å²) >= 11 is 0. The number of alkyl halides is 3. The third-order valence-electron chi connectivity index (χ3n) is 5.37. The first-order chi connectivity index (χ1) is 13.7. The molecule has 2 aromatic heterocycles. The Kier molecular flexibility index (Phi) is 4.50. The lowest BCUT2D eigenvalue weighted by Gasteiger charge is -2.24. The van der Waals surface area contributed by atoms with Gasteiger partial charge < -0.3 is 15.0 Å². The second-order valence-electron chi connectivity index (χ2n) is 7.20. The van der Waals surface area contributed by atoms with Crippen molar-refractivity contribution in [2.24, 2.45) is 13.0 Å². The highest BCUT2D eigenvalue weighted by atomic mass is 19.4. The van der Waals surface area contributed by atoms with E-state index in [0.717, 1.165) is 0 Å². The summed E-state index contributed by atoms with van der Waals surface area (Å²) in [6.45, 7) is -0.140. The summed E-state index contributed by atoms with van der Waals surface area (Å²) in [5.74, 6) is -2.29. The Hall–Kier alpha value is -3.05. The molecular weight excluding hydrogens is 393 g/mol. The normalized spacial score (nSPS) is 21.8. The van der Waals surface area contributed by atoms with Gasteiger partial charge in [-0.2, -0.15) is 23.4 Å². The average molecular weight is 412 g/mol. The first kappa shape index (κ1) is 19.3. The average Bonchev–Trinajstić information content (AvgIpc) is 3.23. The number of aryl methyl sites for hydroxylation is 2. The van der Waals surface area contributed by atoms with Crippen molar-refractivity contribution in [2.75, 3.05) is 18.6 Å². The van der Waals surface area contributed by atoms with Crippen molar-refractivity contribution >= 4 is 17.5 Å². The standard InChI is InChI=1S/C17H19F3N6O3/c1-25-12-6-21-26(2)16(12)29-7-11(15(25)28)22-14(27)13-9-5-8(17(18,19)20)3-4-10(9)23-24-13/h6,8,11H,3-5,7H2,1-2H3,(H,22,27)(H,23,24)/t8?,11-/m0/s1. The molecular formula is C17H19F3N6O3. The Labute approximate surface area is 163 Å². The van der Waals surface area contributed by atoms with Crippen molar-refractivity contribution in [1.82, 2.24) is 25.3 Å². The summed E-state index contributed by atoms with van der Waals surface area (Å²) in [5, 5.41) is 13.1. The number of anilines is 1. The van der Waals surface area contributed by atoms with Gasteiger partial charge in [0.15, 0.2) is 5.69 Å². The van der Waals surface area contributed by atoms with Gasteiger partial charge in [-0.1, -0.05) is 0 Å². The molecule has 2 N–H and O–H groups in total. The molecule has 2 aromatic rings. The van der Waals surface area contributed by atoms with E-state index in [-0.39, 0.29) is 37.1 Å². The monoisotopic (exact) mass is 412 g/mol. The number of likely N-dealkylation sites (N-methyl/N-ethyl adjacent to an activating group) is 1. The minimum absolute atomic E-state index is 0.0498. The number of ether oxygens (including phenoxy) is 1. The number of aromatic nitrogens is 4. The fourth-order valence-corrected chi connectivity index (χ4v) is 3.69. The van der Waals surface area contributed by atoms with E-state index < -0.39 is 30.0 Å². The maximum atomic E-state index is 13.1. The molecule has 1 unspecified atom stereocenters. The van der Waals surface area contributed by atoms with Gasteiger partial charge in [0.2, 0.25) is 5.88 Å². The van der Waals surface area contributed by atoms with Crippen molar-refractivity contribution in [3.05, 3.63) is 23.1 Å². The van der Waals surface area contributed by atoms with Crippen LogP contribution in [0.5, 0.6) is 5.88 Å². The highest BCUT2D eigenvalue weighted by Crippen LogP contribution is 2.37. The number of nitrogens with one attached hydrogen (secondary N) is 2. The van der Waals surface area contributed by atoms with E-state index in [9.17, 15) is 22.8 Å². The molecule has 2 amide bonds. The number of carbonyl (C=O) groups excluding carboxylic acids is 2. The number of hydrogen-bond donors (Lipinski definition) is 2. The lowest BCUT2D eigenvalue weighted by molar-refractivity contribution is -0.177. The zero-order chi connectivity index (χ0) is 20.9. The Morgan fingerprint density at radius 2 is 2.14 bits per heavy atom. The van der Waals surface area contributed by atoms with Crippen molar-refractivity contribution in [3.63, 3.8) is 0 Å². The molecule has 3 heterocycles. The second-order valence-corrected chi connectivity index (χ2v) is 7.20. The molecule has 156 valence electrons. The molecule has 4 rings (SSSR count). The molecule has 2 atom stereocenters. The van der Waals surface area contributed by atoms with Crippen LogP contribution in [0.3, 0.4) is 0 Å². The van der Waals surface area contributed by atoms with E-state index in [1.54, 1.807) is 7.05 Å². The zero-order valence-corrected chi connectivity index (χ0v) is 15.7. The summed E-state index contributed by atoms with van der Waals surface area (Å²) in [4.78, 5) is 26.8. The minimum atomic E-state index is -4.34. The molecule has 1 aliphatic carbocycles. The van der Waals surface area contributed by atoms with Gasteiger partial charge in [0, 0.05) is 25.4 Å². The van der Waals surface area contributed by atoms with Gasteiger partial charge in [-0.3, -0.25) is 14.7 Å². The molecule has 12 heteroatoms. The van der Waals surface area contributed by atoms with Crippen LogP contribution in [-0.2, 0) is 24.7 Å². The van der Waals surface area contributed by atoms with Crippen LogP contribution >= 0.6 is 0 Å². The van der Waals surface area contributed by atoms with Crippen molar-refractivity contribution < 1.29 is 27.5 Å². The SMILES string of the molecule is CN1C(=O)[C@@H](NC(=O)c2n[nH]c3c2CC(C(F)(F)F)CC3)COc2c1cnn2C. The minimum Gasteiger partial charge on any atom is -0.474 e. The first-order valence-corrected chi connectivity index (χ1v) is 9.03. The quantitative estimate of drug-likeness (QED) is 0.765. The largest absolute Gasteiger partial charge is 0.474 e. The summed E-state index contributed by atoms with van der Waals surface area (Å²) in [7, 11) is 3.18. The van der Waals surface area contributed by atoms with E-state index in [1.165, 1.54) is 22.8 Å². The van der Waals surface area contributed by atoms with Gasteiger partial charge in [-0.05, 0) is 19.3 Å². The maximum absolute atomic E-state index is 13.1. The molecule has 0 spiro atoms. The highest BCUT2D eigenvalue weighted by Gasteiger charge is 2.43. The molecule has 0 saturated carbocycles. The summed E-state index contributed by atoms with van der Waals surface area (Å²) in [6.07, 6.45) is -3.07. The van der Waals surface area contributed by atoms with Gasteiger partial charge >= 0.3 is 6.18 Å². The summed E-state index contributed by atoms with van der Waals surface area (Å²) in [5.41, 5.74) is 1.11. The lowest BCUT2D eigenvalue weighted by atomic mass is 9.86. The lowest BCUT2D eigenvalue weighted by Crippen LogP contribution is -2.49.